The van der Waals surface area contributed by atoms with Gasteiger partial charge in [-0.15, -0.1) is 0 Å². The molecule has 0 spiro atoms. The minimum atomic E-state index is -0.916. The summed E-state index contributed by atoms with van der Waals surface area (Å²) in [6.07, 6.45) is 0.205. The zero-order valence-electron chi connectivity index (χ0n) is 22.2. The molecule has 0 bridgehead atoms. The van der Waals surface area contributed by atoms with E-state index >= 15 is 0 Å². The number of benzene rings is 1. The number of carbonyl (C=O) groups is 4. The Labute approximate surface area is 213 Å². The molecule has 0 aliphatic carbocycles. The predicted molar refractivity (Wildman–Crippen MR) is 135 cm³/mol. The second kappa shape index (κ2) is 12.7. The fourth-order valence-electron chi connectivity index (χ4n) is 3.76. The Bertz CT molecular complexity index is 917. The Morgan fingerprint density at radius 3 is 2.06 bits per heavy atom. The highest BCUT2D eigenvalue weighted by Gasteiger charge is 2.29. The lowest BCUT2D eigenvalue weighted by atomic mass is 10.0. The smallest absolute Gasteiger partial charge is 0.415 e. The summed E-state index contributed by atoms with van der Waals surface area (Å²) in [5.74, 6) is -0.377. The van der Waals surface area contributed by atoms with Crippen LogP contribution < -0.4 is 15.8 Å². The lowest BCUT2D eigenvalue weighted by Gasteiger charge is -2.33. The highest BCUT2D eigenvalue weighted by molar-refractivity contribution is 5.87. The molecule has 2 rings (SSSR count). The van der Waals surface area contributed by atoms with E-state index in [0.29, 0.717) is 38.3 Å². The summed E-state index contributed by atoms with van der Waals surface area (Å²) in [5, 5.41) is 2.74. The normalized spacial score (nSPS) is 15.8. The summed E-state index contributed by atoms with van der Waals surface area (Å²) in [6, 6.07) is 5.09. The van der Waals surface area contributed by atoms with E-state index in [1.807, 2.05) is 13.8 Å². The van der Waals surface area contributed by atoms with Gasteiger partial charge in [0.1, 0.15) is 17.4 Å². The summed E-state index contributed by atoms with van der Waals surface area (Å²) in [5.41, 5.74) is 6.04. The molecular formula is C26H40N4O6. The second-order valence-corrected chi connectivity index (χ2v) is 10.5. The number of piperazine rings is 1. The summed E-state index contributed by atoms with van der Waals surface area (Å²) >= 11 is 0. The Morgan fingerprint density at radius 2 is 1.56 bits per heavy atom. The van der Waals surface area contributed by atoms with Gasteiger partial charge >= 0.3 is 12.1 Å². The van der Waals surface area contributed by atoms with Crippen LogP contribution in [0.5, 0.6) is 5.75 Å². The third kappa shape index (κ3) is 9.49. The van der Waals surface area contributed by atoms with Crippen LogP contribution in [-0.4, -0.2) is 77.5 Å². The van der Waals surface area contributed by atoms with E-state index in [1.165, 1.54) is 6.92 Å². The summed E-state index contributed by atoms with van der Waals surface area (Å²) < 4.78 is 11.0. The SMILES string of the molecule is CC(=O)N1CCN(C(=O)Oc2ccc(CC(NC(=O)C(N)CC(C)C)C(=O)OC(C)(C)C)cc2)CC1. The van der Waals surface area contributed by atoms with Crippen molar-refractivity contribution in [2.24, 2.45) is 11.7 Å². The van der Waals surface area contributed by atoms with Crippen molar-refractivity contribution in [3.63, 3.8) is 0 Å². The maximum absolute atomic E-state index is 12.8. The van der Waals surface area contributed by atoms with Crippen LogP contribution in [0.3, 0.4) is 0 Å². The molecular weight excluding hydrogens is 464 g/mol. The fourth-order valence-corrected chi connectivity index (χ4v) is 3.76. The topological polar surface area (TPSA) is 131 Å². The van der Waals surface area contributed by atoms with Crippen LogP contribution in [0.1, 0.15) is 53.5 Å². The number of ether oxygens (including phenoxy) is 2. The summed E-state index contributed by atoms with van der Waals surface area (Å²) in [7, 11) is 0. The lowest BCUT2D eigenvalue weighted by molar-refractivity contribution is -0.158. The number of rotatable bonds is 8. The second-order valence-electron chi connectivity index (χ2n) is 10.5. The van der Waals surface area contributed by atoms with Crippen LogP contribution in [0.4, 0.5) is 4.79 Å². The van der Waals surface area contributed by atoms with Crippen LogP contribution in [0.25, 0.3) is 0 Å². The third-order valence-corrected chi connectivity index (χ3v) is 5.62. The van der Waals surface area contributed by atoms with E-state index < -0.39 is 35.7 Å². The van der Waals surface area contributed by atoms with E-state index in [9.17, 15) is 19.2 Å². The van der Waals surface area contributed by atoms with Crippen LogP contribution in [0, 0.1) is 5.92 Å². The average Bonchev–Trinajstić information content (AvgIpc) is 2.78. The summed E-state index contributed by atoms with van der Waals surface area (Å²) in [6.45, 7) is 12.5. The van der Waals surface area contributed by atoms with Gasteiger partial charge in [-0.05, 0) is 50.8 Å². The quantitative estimate of drug-likeness (QED) is 0.518. The predicted octanol–water partition coefficient (Wildman–Crippen LogP) is 2.09. The molecule has 1 aromatic carbocycles. The first-order valence-electron chi connectivity index (χ1n) is 12.3. The number of carbonyl (C=O) groups excluding carboxylic acids is 4. The van der Waals surface area contributed by atoms with Gasteiger partial charge in [0.2, 0.25) is 11.8 Å². The van der Waals surface area contributed by atoms with Crippen LogP contribution >= 0.6 is 0 Å². The maximum Gasteiger partial charge on any atom is 0.415 e. The number of hydrogen-bond acceptors (Lipinski definition) is 7. The van der Waals surface area contributed by atoms with Crippen LogP contribution in [0.2, 0.25) is 0 Å². The number of hydrogen-bond donors (Lipinski definition) is 2. The van der Waals surface area contributed by atoms with Gasteiger partial charge in [-0.25, -0.2) is 9.59 Å². The molecule has 1 heterocycles. The molecule has 1 saturated heterocycles. The zero-order chi connectivity index (χ0) is 27.0. The van der Waals surface area contributed by atoms with Crippen molar-refractivity contribution in [2.75, 3.05) is 26.2 Å². The fraction of sp³-hybridized carbons (Fsp3) is 0.615. The van der Waals surface area contributed by atoms with Gasteiger partial charge in [0.05, 0.1) is 6.04 Å². The van der Waals surface area contributed by atoms with Crippen molar-refractivity contribution in [3.05, 3.63) is 29.8 Å². The van der Waals surface area contributed by atoms with E-state index in [0.717, 1.165) is 5.56 Å². The molecule has 0 aromatic heterocycles. The molecule has 10 nitrogen and oxygen atoms in total. The van der Waals surface area contributed by atoms with Crippen molar-refractivity contribution in [1.29, 1.82) is 0 Å². The number of nitrogens with two attached hydrogens (primary N) is 1. The first-order chi connectivity index (χ1) is 16.7. The minimum Gasteiger partial charge on any atom is -0.458 e. The molecule has 1 fully saturated rings. The third-order valence-electron chi connectivity index (χ3n) is 5.62. The van der Waals surface area contributed by atoms with Crippen molar-refractivity contribution in [1.82, 2.24) is 15.1 Å². The molecule has 2 unspecified atom stereocenters. The van der Waals surface area contributed by atoms with E-state index in [1.54, 1.807) is 54.8 Å². The molecule has 3 amide bonds. The first kappa shape index (κ1) is 29.1. The van der Waals surface area contributed by atoms with Gasteiger partial charge < -0.3 is 30.3 Å². The van der Waals surface area contributed by atoms with Crippen molar-refractivity contribution < 1.29 is 28.7 Å². The van der Waals surface area contributed by atoms with Gasteiger partial charge in [0.15, 0.2) is 0 Å². The number of esters is 1. The molecule has 10 heteroatoms. The van der Waals surface area contributed by atoms with Gasteiger partial charge in [0.25, 0.3) is 0 Å². The molecule has 1 aromatic rings. The first-order valence-corrected chi connectivity index (χ1v) is 12.3. The largest absolute Gasteiger partial charge is 0.458 e. The molecule has 1 aliphatic rings. The zero-order valence-corrected chi connectivity index (χ0v) is 22.2. The monoisotopic (exact) mass is 504 g/mol. The molecule has 200 valence electrons. The minimum absolute atomic E-state index is 0.0126. The van der Waals surface area contributed by atoms with E-state index in [-0.39, 0.29) is 18.2 Å². The van der Waals surface area contributed by atoms with Crippen LogP contribution in [-0.2, 0) is 25.5 Å². The Balaban J connectivity index is 2.02. The van der Waals surface area contributed by atoms with Gasteiger partial charge in [-0.3, -0.25) is 9.59 Å². The van der Waals surface area contributed by atoms with Gasteiger partial charge in [-0.1, -0.05) is 26.0 Å². The van der Waals surface area contributed by atoms with Crippen molar-refractivity contribution >= 4 is 23.9 Å². The molecule has 3 N–H and O–H groups in total. The molecule has 36 heavy (non-hydrogen) atoms. The number of nitrogens with zero attached hydrogens (tertiary/aromatic N) is 2. The standard InChI is InChI=1S/C26H40N4O6/c1-17(2)15-21(27)23(32)28-22(24(33)36-26(4,5)6)16-19-7-9-20(10-8-19)35-25(34)30-13-11-29(12-14-30)18(3)31/h7-10,17,21-22H,11-16,27H2,1-6H3,(H,28,32). The molecule has 0 radical (unpaired) electrons. The molecule has 0 saturated carbocycles. The Morgan fingerprint density at radius 1 is 1.00 bits per heavy atom. The Kier molecular flexibility index (Phi) is 10.3. The van der Waals surface area contributed by atoms with E-state index in [2.05, 4.69) is 5.32 Å². The molecule has 2 atom stereocenters. The average molecular weight is 505 g/mol. The Hall–Kier alpha value is -3.14. The van der Waals surface area contributed by atoms with Gasteiger partial charge in [0, 0.05) is 39.5 Å². The number of amides is 3. The van der Waals surface area contributed by atoms with E-state index in [4.69, 9.17) is 15.2 Å². The van der Waals surface area contributed by atoms with Crippen molar-refractivity contribution in [3.8, 4) is 5.75 Å². The van der Waals surface area contributed by atoms with Crippen LogP contribution in [0.15, 0.2) is 24.3 Å². The number of nitrogens with one attached hydrogen (secondary N) is 1. The van der Waals surface area contributed by atoms with Crippen molar-refractivity contribution in [2.45, 2.75) is 72.1 Å². The summed E-state index contributed by atoms with van der Waals surface area (Å²) in [4.78, 5) is 52.6. The van der Waals surface area contributed by atoms with Gasteiger partial charge in [-0.2, -0.15) is 0 Å². The maximum atomic E-state index is 12.8. The highest BCUT2D eigenvalue weighted by Crippen LogP contribution is 2.17. The molecule has 1 aliphatic heterocycles. The highest BCUT2D eigenvalue weighted by atomic mass is 16.6. The lowest BCUT2D eigenvalue weighted by Crippen LogP contribution is -2.51.